The predicted molar refractivity (Wildman–Crippen MR) is 61.6 cm³/mol. The van der Waals surface area contributed by atoms with Crippen molar-refractivity contribution in [3.05, 3.63) is 29.8 Å². The van der Waals surface area contributed by atoms with Gasteiger partial charge in [0.05, 0.1) is 13.5 Å². The van der Waals surface area contributed by atoms with Crippen LogP contribution in [0.15, 0.2) is 24.3 Å². The van der Waals surface area contributed by atoms with Gasteiger partial charge in [0, 0.05) is 12.1 Å². The molecule has 1 aromatic carbocycles. The van der Waals surface area contributed by atoms with Crippen LogP contribution in [-0.2, 0) is 16.0 Å². The van der Waals surface area contributed by atoms with Gasteiger partial charge in [-0.15, -0.1) is 0 Å². The molecule has 0 spiro atoms. The Morgan fingerprint density at radius 2 is 2.12 bits per heavy atom. The van der Waals surface area contributed by atoms with Crippen LogP contribution in [0.4, 0.5) is 0 Å². The van der Waals surface area contributed by atoms with Gasteiger partial charge < -0.3 is 14.8 Å². The Morgan fingerprint density at radius 1 is 1.38 bits per heavy atom. The Balaban J connectivity index is 2.63. The molecular weight excluding hydrogens is 206 g/mol. The molecule has 0 saturated carbocycles. The third-order valence-electron chi connectivity index (χ3n) is 2.14. The first-order valence-electron chi connectivity index (χ1n) is 5.20. The Kier molecular flexibility index (Phi) is 5.36. The molecule has 4 nitrogen and oxygen atoms in total. The summed E-state index contributed by atoms with van der Waals surface area (Å²) in [7, 11) is 3.25. The van der Waals surface area contributed by atoms with Gasteiger partial charge in [0.15, 0.2) is 0 Å². The molecule has 0 radical (unpaired) electrons. The van der Waals surface area contributed by atoms with E-state index in [0.717, 1.165) is 17.9 Å². The number of rotatable bonds is 6. The standard InChI is InChI=1S/C12H17NO3/c1-13-7-8-16-11-6-4-3-5-10(11)9-12(14)15-2/h3-6,13H,7-9H2,1-2H3. The summed E-state index contributed by atoms with van der Waals surface area (Å²) in [6, 6.07) is 7.48. The molecule has 0 aliphatic carbocycles. The lowest BCUT2D eigenvalue weighted by Gasteiger charge is -2.10. The highest BCUT2D eigenvalue weighted by Crippen LogP contribution is 2.18. The predicted octanol–water partition coefficient (Wildman–Crippen LogP) is 1.00. The molecule has 16 heavy (non-hydrogen) atoms. The maximum atomic E-state index is 11.2. The van der Waals surface area contributed by atoms with Gasteiger partial charge >= 0.3 is 5.97 Å². The molecule has 0 saturated heterocycles. The molecule has 1 aromatic rings. The van der Waals surface area contributed by atoms with Gasteiger partial charge in [-0.25, -0.2) is 0 Å². The summed E-state index contributed by atoms with van der Waals surface area (Å²) in [4.78, 5) is 11.2. The van der Waals surface area contributed by atoms with E-state index < -0.39 is 0 Å². The van der Waals surface area contributed by atoms with E-state index in [1.54, 1.807) is 0 Å². The molecule has 0 aromatic heterocycles. The molecule has 1 rings (SSSR count). The first-order chi connectivity index (χ1) is 7.77. The second kappa shape index (κ2) is 6.85. The maximum Gasteiger partial charge on any atom is 0.310 e. The molecule has 0 amide bonds. The van der Waals surface area contributed by atoms with Crippen LogP contribution in [0, 0.1) is 0 Å². The average molecular weight is 223 g/mol. The molecule has 0 heterocycles. The molecule has 0 unspecified atom stereocenters. The van der Waals surface area contributed by atoms with E-state index in [0.29, 0.717) is 6.61 Å². The van der Waals surface area contributed by atoms with Crippen molar-refractivity contribution in [1.82, 2.24) is 5.32 Å². The molecule has 88 valence electrons. The quantitative estimate of drug-likeness (QED) is 0.577. The highest BCUT2D eigenvalue weighted by molar-refractivity contribution is 5.73. The first-order valence-corrected chi connectivity index (χ1v) is 5.20. The highest BCUT2D eigenvalue weighted by Gasteiger charge is 2.08. The van der Waals surface area contributed by atoms with Crippen LogP contribution < -0.4 is 10.1 Å². The number of para-hydroxylation sites is 1. The first kappa shape index (κ1) is 12.5. The highest BCUT2D eigenvalue weighted by atomic mass is 16.5. The van der Waals surface area contributed by atoms with Gasteiger partial charge in [-0.05, 0) is 13.1 Å². The number of nitrogens with one attached hydrogen (secondary N) is 1. The van der Waals surface area contributed by atoms with Gasteiger partial charge in [0.1, 0.15) is 12.4 Å². The monoisotopic (exact) mass is 223 g/mol. The smallest absolute Gasteiger partial charge is 0.310 e. The summed E-state index contributed by atoms with van der Waals surface area (Å²) in [6.45, 7) is 1.35. The lowest BCUT2D eigenvalue weighted by atomic mass is 10.1. The van der Waals surface area contributed by atoms with Crippen molar-refractivity contribution < 1.29 is 14.3 Å². The summed E-state index contributed by atoms with van der Waals surface area (Å²) < 4.78 is 10.2. The average Bonchev–Trinajstić information content (AvgIpc) is 2.31. The maximum absolute atomic E-state index is 11.2. The van der Waals surface area contributed by atoms with E-state index in [1.165, 1.54) is 7.11 Å². The number of hydrogen-bond acceptors (Lipinski definition) is 4. The zero-order valence-corrected chi connectivity index (χ0v) is 9.66. The minimum absolute atomic E-state index is 0.242. The fourth-order valence-corrected chi connectivity index (χ4v) is 1.28. The minimum Gasteiger partial charge on any atom is -0.492 e. The SMILES string of the molecule is CNCCOc1ccccc1CC(=O)OC. The zero-order chi connectivity index (χ0) is 11.8. The Hall–Kier alpha value is -1.55. The van der Waals surface area contributed by atoms with Crippen LogP contribution >= 0.6 is 0 Å². The van der Waals surface area contributed by atoms with E-state index in [4.69, 9.17) is 4.74 Å². The van der Waals surface area contributed by atoms with E-state index in [9.17, 15) is 4.79 Å². The molecule has 1 N–H and O–H groups in total. The molecule has 0 bridgehead atoms. The molecular formula is C12H17NO3. The molecule has 0 fully saturated rings. The second-order valence-electron chi connectivity index (χ2n) is 3.31. The Bertz CT molecular complexity index is 339. The van der Waals surface area contributed by atoms with Crippen molar-refractivity contribution in [3.63, 3.8) is 0 Å². The normalized spacial score (nSPS) is 9.88. The van der Waals surface area contributed by atoms with E-state index >= 15 is 0 Å². The van der Waals surface area contributed by atoms with Gasteiger partial charge in [-0.3, -0.25) is 4.79 Å². The van der Waals surface area contributed by atoms with Gasteiger partial charge in [-0.1, -0.05) is 18.2 Å². The van der Waals surface area contributed by atoms with E-state index in [1.807, 2.05) is 31.3 Å². The number of carbonyl (C=O) groups excluding carboxylic acids is 1. The van der Waals surface area contributed by atoms with Crippen molar-refractivity contribution in [2.75, 3.05) is 27.3 Å². The Labute approximate surface area is 95.6 Å². The summed E-state index contributed by atoms with van der Waals surface area (Å²) in [5.41, 5.74) is 0.852. The van der Waals surface area contributed by atoms with Crippen LogP contribution in [0.3, 0.4) is 0 Å². The largest absolute Gasteiger partial charge is 0.492 e. The Morgan fingerprint density at radius 3 is 2.81 bits per heavy atom. The van der Waals surface area contributed by atoms with Gasteiger partial charge in [-0.2, -0.15) is 0 Å². The second-order valence-corrected chi connectivity index (χ2v) is 3.31. The fraction of sp³-hybridized carbons (Fsp3) is 0.417. The van der Waals surface area contributed by atoms with Crippen LogP contribution in [0.1, 0.15) is 5.56 Å². The molecule has 0 aliphatic rings. The van der Waals surface area contributed by atoms with Crippen LogP contribution in [0.5, 0.6) is 5.75 Å². The molecule has 0 aliphatic heterocycles. The summed E-state index contributed by atoms with van der Waals surface area (Å²) >= 11 is 0. The van der Waals surface area contributed by atoms with Crippen molar-refractivity contribution in [3.8, 4) is 5.75 Å². The third kappa shape index (κ3) is 3.90. The number of methoxy groups -OCH3 is 1. The zero-order valence-electron chi connectivity index (χ0n) is 9.66. The molecule has 0 atom stereocenters. The lowest BCUT2D eigenvalue weighted by molar-refractivity contribution is -0.139. The summed E-state index contributed by atoms with van der Waals surface area (Å²) in [5, 5.41) is 2.99. The number of ether oxygens (including phenoxy) is 2. The van der Waals surface area contributed by atoms with Crippen molar-refractivity contribution in [2.45, 2.75) is 6.42 Å². The van der Waals surface area contributed by atoms with Crippen LogP contribution in [0.25, 0.3) is 0 Å². The number of benzene rings is 1. The minimum atomic E-state index is -0.260. The van der Waals surface area contributed by atoms with Crippen LogP contribution in [0.2, 0.25) is 0 Å². The number of esters is 1. The summed E-state index contributed by atoms with van der Waals surface area (Å²) in [6.07, 6.45) is 0.242. The van der Waals surface area contributed by atoms with Crippen molar-refractivity contribution >= 4 is 5.97 Å². The van der Waals surface area contributed by atoms with Gasteiger partial charge in [0.2, 0.25) is 0 Å². The number of likely N-dealkylation sites (N-methyl/N-ethyl adjacent to an activating group) is 1. The molecule has 4 heteroatoms. The van der Waals surface area contributed by atoms with E-state index in [-0.39, 0.29) is 12.4 Å². The number of hydrogen-bond donors (Lipinski definition) is 1. The summed E-state index contributed by atoms with van der Waals surface area (Å²) in [5.74, 6) is 0.479. The van der Waals surface area contributed by atoms with E-state index in [2.05, 4.69) is 10.1 Å². The van der Waals surface area contributed by atoms with Crippen molar-refractivity contribution in [1.29, 1.82) is 0 Å². The fourth-order valence-electron chi connectivity index (χ4n) is 1.28. The number of carbonyl (C=O) groups is 1. The van der Waals surface area contributed by atoms with Crippen molar-refractivity contribution in [2.24, 2.45) is 0 Å². The third-order valence-corrected chi connectivity index (χ3v) is 2.14. The van der Waals surface area contributed by atoms with Crippen LogP contribution in [-0.4, -0.2) is 33.3 Å². The topological polar surface area (TPSA) is 47.6 Å². The lowest BCUT2D eigenvalue weighted by Crippen LogP contribution is -2.16. The van der Waals surface area contributed by atoms with Gasteiger partial charge in [0.25, 0.3) is 0 Å².